The van der Waals surface area contributed by atoms with Gasteiger partial charge >= 0.3 is 0 Å². The zero-order chi connectivity index (χ0) is 24.6. The van der Waals surface area contributed by atoms with Gasteiger partial charge in [0.15, 0.2) is 16.8 Å². The monoisotopic (exact) mass is 469 g/mol. The molecule has 4 heterocycles. The van der Waals surface area contributed by atoms with Crippen LogP contribution in [0.25, 0.3) is 11.0 Å². The first kappa shape index (κ1) is 21.3. The summed E-state index contributed by atoms with van der Waals surface area (Å²) in [7, 11) is 0. The summed E-state index contributed by atoms with van der Waals surface area (Å²) < 4.78 is 11.4. The van der Waals surface area contributed by atoms with Gasteiger partial charge in [-0.15, -0.1) is 0 Å². The van der Waals surface area contributed by atoms with Gasteiger partial charge in [-0.1, -0.05) is 30.3 Å². The normalized spacial score (nSPS) is 18.7. The van der Waals surface area contributed by atoms with Crippen LogP contribution in [0.5, 0.6) is 0 Å². The third-order valence-corrected chi connectivity index (χ3v) is 7.03. The van der Waals surface area contributed by atoms with Crippen molar-refractivity contribution in [1.29, 1.82) is 0 Å². The maximum atomic E-state index is 14.4. The molecule has 176 valence electrons. The number of carbonyl (C=O) groups excluding carboxylic acids is 2. The molecule has 0 N–H and O–H groups in total. The second-order valence-electron chi connectivity index (χ2n) is 9.19. The second-order valence-corrected chi connectivity index (χ2v) is 9.19. The predicted molar refractivity (Wildman–Crippen MR) is 130 cm³/mol. The van der Waals surface area contributed by atoms with Gasteiger partial charge in [0.25, 0.3) is 11.8 Å². The van der Waals surface area contributed by atoms with Crippen LogP contribution in [0, 0.1) is 20.8 Å². The van der Waals surface area contributed by atoms with Crippen LogP contribution in [0.4, 0.5) is 11.5 Å². The SMILES string of the molecule is CCCN1C(=O)C2(c3ccccc31)c1c(oc3cc(C)c(C)cc3c1=O)C(=O)N2c1cc(C)on1. The molecule has 0 fully saturated rings. The Morgan fingerprint density at radius 1 is 1.00 bits per heavy atom. The van der Waals surface area contributed by atoms with Crippen molar-refractivity contribution in [3.63, 3.8) is 0 Å². The van der Waals surface area contributed by atoms with E-state index in [2.05, 4.69) is 5.16 Å². The number of rotatable bonds is 3. The average molecular weight is 469 g/mol. The van der Waals surface area contributed by atoms with Crippen molar-refractivity contribution >= 4 is 34.3 Å². The molecule has 0 bridgehead atoms. The molecule has 2 aliphatic heterocycles. The molecule has 0 radical (unpaired) electrons. The van der Waals surface area contributed by atoms with Gasteiger partial charge in [0.05, 0.1) is 16.6 Å². The van der Waals surface area contributed by atoms with Crippen molar-refractivity contribution in [1.82, 2.24) is 5.16 Å². The largest absolute Gasteiger partial charge is 0.450 e. The first-order chi connectivity index (χ1) is 16.8. The highest BCUT2D eigenvalue weighted by molar-refractivity contribution is 6.24. The maximum absolute atomic E-state index is 14.4. The molecule has 6 rings (SSSR count). The van der Waals surface area contributed by atoms with Gasteiger partial charge < -0.3 is 13.8 Å². The number of hydrogen-bond donors (Lipinski definition) is 0. The molecule has 2 aromatic heterocycles. The molecule has 8 nitrogen and oxygen atoms in total. The van der Waals surface area contributed by atoms with Crippen molar-refractivity contribution in [2.45, 2.75) is 39.7 Å². The van der Waals surface area contributed by atoms with Crippen molar-refractivity contribution in [3.05, 3.63) is 86.5 Å². The number of aromatic nitrogens is 1. The minimum absolute atomic E-state index is 0.0231. The Morgan fingerprint density at radius 3 is 2.46 bits per heavy atom. The number of anilines is 2. The van der Waals surface area contributed by atoms with Crippen LogP contribution in [-0.4, -0.2) is 23.5 Å². The molecule has 8 heteroatoms. The number of fused-ring (bicyclic) bond motifs is 5. The number of para-hydroxylation sites is 1. The third kappa shape index (κ3) is 2.56. The number of benzene rings is 2. The molecule has 35 heavy (non-hydrogen) atoms. The van der Waals surface area contributed by atoms with E-state index in [4.69, 9.17) is 8.94 Å². The Bertz CT molecular complexity index is 1630. The van der Waals surface area contributed by atoms with E-state index in [1.807, 2.05) is 32.9 Å². The number of nitrogens with zero attached hydrogens (tertiary/aromatic N) is 3. The van der Waals surface area contributed by atoms with E-state index in [0.29, 0.717) is 40.9 Å². The van der Waals surface area contributed by atoms with Crippen LogP contribution in [-0.2, 0) is 10.3 Å². The number of aryl methyl sites for hydroxylation is 3. The van der Waals surface area contributed by atoms with Crippen molar-refractivity contribution < 1.29 is 18.5 Å². The Balaban J connectivity index is 1.78. The summed E-state index contributed by atoms with van der Waals surface area (Å²) in [5.74, 6) is -0.515. The van der Waals surface area contributed by atoms with E-state index in [-0.39, 0.29) is 23.0 Å². The summed E-state index contributed by atoms with van der Waals surface area (Å²) >= 11 is 0. The summed E-state index contributed by atoms with van der Waals surface area (Å²) in [5, 5.41) is 4.40. The molecule has 0 saturated heterocycles. The summed E-state index contributed by atoms with van der Waals surface area (Å²) in [5.41, 5.74) is 1.24. The molecule has 2 amide bonds. The number of hydrogen-bond acceptors (Lipinski definition) is 6. The lowest BCUT2D eigenvalue weighted by atomic mass is 9.83. The van der Waals surface area contributed by atoms with Gasteiger partial charge in [0.2, 0.25) is 5.76 Å². The van der Waals surface area contributed by atoms with Crippen LogP contribution in [0.1, 0.15) is 51.9 Å². The summed E-state index contributed by atoms with van der Waals surface area (Å²) in [4.78, 5) is 45.4. The highest BCUT2D eigenvalue weighted by atomic mass is 16.5. The van der Waals surface area contributed by atoms with Crippen molar-refractivity contribution in [3.8, 4) is 0 Å². The Labute approximate surface area is 200 Å². The quantitative estimate of drug-likeness (QED) is 0.442. The van der Waals surface area contributed by atoms with E-state index in [0.717, 1.165) is 11.1 Å². The molecule has 2 aromatic carbocycles. The molecule has 0 saturated carbocycles. The van der Waals surface area contributed by atoms with E-state index < -0.39 is 16.9 Å². The van der Waals surface area contributed by atoms with E-state index in [9.17, 15) is 14.4 Å². The fourth-order valence-corrected chi connectivity index (χ4v) is 5.37. The fraction of sp³-hybridized carbons (Fsp3) is 0.259. The highest BCUT2D eigenvalue weighted by Crippen LogP contribution is 2.53. The lowest BCUT2D eigenvalue weighted by Gasteiger charge is -2.32. The van der Waals surface area contributed by atoms with Crippen LogP contribution in [0.3, 0.4) is 0 Å². The second kappa shape index (κ2) is 7.15. The smallest absolute Gasteiger partial charge is 0.297 e. The van der Waals surface area contributed by atoms with Gasteiger partial charge in [-0.2, -0.15) is 0 Å². The van der Waals surface area contributed by atoms with Gasteiger partial charge in [0, 0.05) is 18.2 Å². The van der Waals surface area contributed by atoms with Gasteiger partial charge in [-0.25, -0.2) is 0 Å². The molecule has 1 atom stereocenters. The summed E-state index contributed by atoms with van der Waals surface area (Å²) in [6, 6.07) is 12.4. The first-order valence-corrected chi connectivity index (χ1v) is 11.6. The van der Waals surface area contributed by atoms with Crippen molar-refractivity contribution in [2.24, 2.45) is 0 Å². The Morgan fingerprint density at radius 2 is 1.74 bits per heavy atom. The topological polar surface area (TPSA) is 96.9 Å². The minimum Gasteiger partial charge on any atom is -0.450 e. The highest BCUT2D eigenvalue weighted by Gasteiger charge is 2.66. The van der Waals surface area contributed by atoms with Gasteiger partial charge in [-0.05, 0) is 56.5 Å². The summed E-state index contributed by atoms with van der Waals surface area (Å²) in [6.07, 6.45) is 0.699. The zero-order valence-electron chi connectivity index (χ0n) is 19.8. The molecular weight excluding hydrogens is 446 g/mol. The molecule has 1 unspecified atom stereocenters. The third-order valence-electron chi connectivity index (χ3n) is 7.03. The first-order valence-electron chi connectivity index (χ1n) is 11.6. The van der Waals surface area contributed by atoms with Crippen LogP contribution in [0.15, 0.2) is 56.2 Å². The zero-order valence-corrected chi connectivity index (χ0v) is 19.8. The van der Waals surface area contributed by atoms with E-state index in [1.54, 1.807) is 42.2 Å². The molecule has 2 aliphatic rings. The van der Waals surface area contributed by atoms with Crippen LogP contribution in [0.2, 0.25) is 0 Å². The maximum Gasteiger partial charge on any atom is 0.297 e. The standard InChI is InChI=1S/C27H23N3O5/c1-5-10-29-19-9-7-6-8-18(19)27(26(29)33)22-23(31)17-11-14(2)15(3)12-20(17)34-24(22)25(32)30(27)21-13-16(4)35-28-21/h6-9,11-13H,5,10H2,1-4H3. The lowest BCUT2D eigenvalue weighted by Crippen LogP contribution is -2.54. The van der Waals surface area contributed by atoms with Crippen molar-refractivity contribution in [2.75, 3.05) is 16.3 Å². The molecule has 0 aliphatic carbocycles. The van der Waals surface area contributed by atoms with Crippen LogP contribution < -0.4 is 15.2 Å². The predicted octanol–water partition coefficient (Wildman–Crippen LogP) is 4.37. The molecule has 4 aromatic rings. The molecular formula is C27H23N3O5. The molecule has 1 spiro atoms. The average Bonchev–Trinajstić information content (AvgIpc) is 3.44. The van der Waals surface area contributed by atoms with Gasteiger partial charge in [0.1, 0.15) is 11.3 Å². The summed E-state index contributed by atoms with van der Waals surface area (Å²) in [6.45, 7) is 7.93. The Kier molecular flexibility index (Phi) is 4.36. The van der Waals surface area contributed by atoms with Gasteiger partial charge in [-0.3, -0.25) is 19.3 Å². The van der Waals surface area contributed by atoms with E-state index >= 15 is 0 Å². The fourth-order valence-electron chi connectivity index (χ4n) is 5.37. The lowest BCUT2D eigenvalue weighted by molar-refractivity contribution is -0.121. The Hall–Kier alpha value is -4.20. The van der Waals surface area contributed by atoms with Crippen LogP contribution >= 0.6 is 0 Å². The minimum atomic E-state index is -1.74. The van der Waals surface area contributed by atoms with E-state index in [1.165, 1.54) is 4.90 Å². The number of carbonyl (C=O) groups is 2. The number of amides is 2.